The molecule has 1 atom stereocenters. The van der Waals surface area contributed by atoms with Gasteiger partial charge in [0.1, 0.15) is 5.75 Å². The van der Waals surface area contributed by atoms with Gasteiger partial charge in [0, 0.05) is 11.8 Å². The zero-order chi connectivity index (χ0) is 19.6. The van der Waals surface area contributed by atoms with Crippen molar-refractivity contribution in [3.8, 4) is 38.8 Å². The van der Waals surface area contributed by atoms with E-state index in [2.05, 4.69) is 10.4 Å². The van der Waals surface area contributed by atoms with Gasteiger partial charge in [0.25, 0.3) is 0 Å². The Kier molecular flexibility index (Phi) is 5.85. The third kappa shape index (κ3) is 4.00. The van der Waals surface area contributed by atoms with E-state index < -0.39 is 8.25 Å². The predicted molar refractivity (Wildman–Crippen MR) is 107 cm³/mol. The molecule has 6 nitrogen and oxygen atoms in total. The summed E-state index contributed by atoms with van der Waals surface area (Å²) in [6.07, 6.45) is 1.77. The molecule has 0 aliphatic carbocycles. The van der Waals surface area contributed by atoms with Crippen LogP contribution in [0.5, 0.6) is 17.2 Å². The molecule has 0 radical (unpaired) electrons. The Balaban J connectivity index is 2.11. The summed E-state index contributed by atoms with van der Waals surface area (Å²) in [5, 5.41) is 0. The summed E-state index contributed by atoms with van der Waals surface area (Å²) in [5.74, 6) is 1.43. The van der Waals surface area contributed by atoms with Crippen LogP contribution in [0.15, 0.2) is 36.5 Å². The highest BCUT2D eigenvalue weighted by molar-refractivity contribution is 7.32. The molecule has 2 aromatic carbocycles. The first kappa shape index (κ1) is 19.4. The zero-order valence-electron chi connectivity index (χ0n) is 15.4. The maximum absolute atomic E-state index is 11.1. The van der Waals surface area contributed by atoms with Crippen LogP contribution in [0.1, 0.15) is 11.1 Å². The molecule has 0 saturated carbocycles. The Bertz CT molecular complexity index is 1000. The lowest BCUT2D eigenvalue weighted by Gasteiger charge is -2.12. The molecule has 3 aromatic rings. The number of hydrogen-bond donors (Lipinski definition) is 1. The summed E-state index contributed by atoms with van der Waals surface area (Å²) in [6.45, 7) is 4.07. The largest absolute Gasteiger partial charge is 0.496 e. The van der Waals surface area contributed by atoms with Gasteiger partial charge in [-0.05, 0) is 65.8 Å². The number of aromatic nitrogens is 1. The van der Waals surface area contributed by atoms with E-state index in [4.69, 9.17) is 18.9 Å². The average Bonchev–Trinajstić information content (AvgIpc) is 3.13. The summed E-state index contributed by atoms with van der Waals surface area (Å²) in [5.41, 5.74) is 4.94. The molecule has 1 N–H and O–H groups in total. The van der Waals surface area contributed by atoms with E-state index in [9.17, 15) is 4.57 Å². The van der Waals surface area contributed by atoms with Gasteiger partial charge in [0.2, 0.25) is 0 Å². The minimum absolute atomic E-state index is 0.219. The Hall–Kier alpha value is -2.34. The molecule has 0 amide bonds. The Morgan fingerprint density at radius 3 is 2.37 bits per heavy atom. The molecule has 0 aliphatic rings. The van der Waals surface area contributed by atoms with Crippen molar-refractivity contribution < 1.29 is 23.5 Å². The molecule has 1 heterocycles. The molecule has 8 heteroatoms. The summed E-state index contributed by atoms with van der Waals surface area (Å²) in [6, 6.07) is 9.35. The van der Waals surface area contributed by atoms with Gasteiger partial charge in [-0.2, -0.15) is 4.37 Å². The van der Waals surface area contributed by atoms with Crippen LogP contribution in [0, 0.1) is 13.8 Å². The van der Waals surface area contributed by atoms with Crippen LogP contribution in [-0.2, 0) is 4.57 Å². The van der Waals surface area contributed by atoms with Gasteiger partial charge in [-0.15, -0.1) is 0 Å². The Morgan fingerprint density at radius 1 is 1.00 bits per heavy atom. The van der Waals surface area contributed by atoms with Crippen molar-refractivity contribution in [2.45, 2.75) is 13.8 Å². The fourth-order valence-electron chi connectivity index (χ4n) is 2.84. The number of aryl methyl sites for hydroxylation is 1. The minimum atomic E-state index is -3.14. The smallest absolute Gasteiger partial charge is 0.365 e. The van der Waals surface area contributed by atoms with E-state index in [0.717, 1.165) is 38.4 Å². The molecule has 0 saturated heterocycles. The minimum Gasteiger partial charge on any atom is -0.496 e. The normalized spacial score (nSPS) is 11.9. The van der Waals surface area contributed by atoms with Crippen molar-refractivity contribution in [2.24, 2.45) is 0 Å². The SMILES string of the molecule is COc1ccc(-c2cnsc2-c2cc(C)c(C)c(OC)c2)cc1O[PH](=O)O. The van der Waals surface area contributed by atoms with E-state index in [0.29, 0.717) is 5.75 Å². The Labute approximate surface area is 162 Å². The van der Waals surface area contributed by atoms with E-state index in [1.54, 1.807) is 25.4 Å². The second-order valence-corrected chi connectivity index (χ2v) is 7.46. The van der Waals surface area contributed by atoms with Crippen molar-refractivity contribution in [3.63, 3.8) is 0 Å². The number of rotatable bonds is 6. The van der Waals surface area contributed by atoms with Crippen LogP contribution in [0.25, 0.3) is 21.6 Å². The third-order valence-electron chi connectivity index (χ3n) is 4.34. The van der Waals surface area contributed by atoms with Gasteiger partial charge >= 0.3 is 8.25 Å². The highest BCUT2D eigenvalue weighted by Crippen LogP contribution is 2.42. The lowest BCUT2D eigenvalue weighted by molar-refractivity contribution is 0.372. The number of benzene rings is 2. The lowest BCUT2D eigenvalue weighted by Crippen LogP contribution is -1.92. The van der Waals surface area contributed by atoms with Crippen LogP contribution in [0.3, 0.4) is 0 Å². The maximum atomic E-state index is 11.1. The standard InChI is InChI=1S/C19H20NO5PS/c1-11-7-14(9-17(24-4)12(11)2)19-15(10-20-27-19)13-5-6-16(23-3)18(8-13)25-26(21)22/h5-10,26H,1-4H3,(H,21,22). The van der Waals surface area contributed by atoms with Crippen molar-refractivity contribution in [2.75, 3.05) is 14.2 Å². The Morgan fingerprint density at radius 2 is 1.70 bits per heavy atom. The van der Waals surface area contributed by atoms with Gasteiger partial charge in [0.15, 0.2) is 11.5 Å². The van der Waals surface area contributed by atoms with Gasteiger partial charge in [-0.1, -0.05) is 12.1 Å². The molecular formula is C19H20NO5PS. The molecule has 27 heavy (non-hydrogen) atoms. The topological polar surface area (TPSA) is 77.9 Å². The van der Waals surface area contributed by atoms with Crippen molar-refractivity contribution in [1.82, 2.24) is 4.37 Å². The predicted octanol–water partition coefficient (Wildman–Crippen LogP) is 4.87. The fraction of sp³-hybridized carbons (Fsp3) is 0.211. The van der Waals surface area contributed by atoms with E-state index in [-0.39, 0.29) is 5.75 Å². The first-order valence-corrected chi connectivity index (χ1v) is 10.2. The number of ether oxygens (including phenoxy) is 2. The molecular weight excluding hydrogens is 385 g/mol. The van der Waals surface area contributed by atoms with Crippen molar-refractivity contribution in [3.05, 3.63) is 47.7 Å². The molecule has 0 aliphatic heterocycles. The second-order valence-electron chi connectivity index (χ2n) is 5.92. The number of nitrogens with zero attached hydrogens (tertiary/aromatic N) is 1. The van der Waals surface area contributed by atoms with Crippen LogP contribution in [-0.4, -0.2) is 23.5 Å². The van der Waals surface area contributed by atoms with Gasteiger partial charge in [0.05, 0.1) is 19.1 Å². The molecule has 1 aromatic heterocycles. The van der Waals surface area contributed by atoms with E-state index in [1.165, 1.54) is 18.6 Å². The van der Waals surface area contributed by atoms with Gasteiger partial charge in [-0.3, -0.25) is 0 Å². The molecule has 0 bridgehead atoms. The number of hydrogen-bond acceptors (Lipinski definition) is 6. The maximum Gasteiger partial charge on any atom is 0.365 e. The molecule has 0 fully saturated rings. The lowest BCUT2D eigenvalue weighted by atomic mass is 9.99. The highest BCUT2D eigenvalue weighted by Gasteiger charge is 2.16. The third-order valence-corrected chi connectivity index (χ3v) is 5.59. The van der Waals surface area contributed by atoms with Crippen molar-refractivity contribution in [1.29, 1.82) is 0 Å². The first-order valence-electron chi connectivity index (χ1n) is 8.14. The molecule has 142 valence electrons. The summed E-state index contributed by atoms with van der Waals surface area (Å²) >= 11 is 1.38. The van der Waals surface area contributed by atoms with Crippen LogP contribution in [0.4, 0.5) is 0 Å². The molecule has 1 unspecified atom stereocenters. The quantitative estimate of drug-likeness (QED) is 0.590. The van der Waals surface area contributed by atoms with Crippen LogP contribution < -0.4 is 14.0 Å². The van der Waals surface area contributed by atoms with E-state index >= 15 is 0 Å². The summed E-state index contributed by atoms with van der Waals surface area (Å²) in [7, 11) is -0.00628. The molecule has 3 rings (SSSR count). The second kappa shape index (κ2) is 8.13. The van der Waals surface area contributed by atoms with E-state index in [1.807, 2.05) is 26.0 Å². The fourth-order valence-corrected chi connectivity index (χ4v) is 3.94. The summed E-state index contributed by atoms with van der Waals surface area (Å²) < 4.78 is 31.2. The zero-order valence-corrected chi connectivity index (χ0v) is 17.2. The number of methoxy groups -OCH3 is 2. The summed E-state index contributed by atoms with van der Waals surface area (Å²) in [4.78, 5) is 10.1. The van der Waals surface area contributed by atoms with Crippen LogP contribution in [0.2, 0.25) is 0 Å². The van der Waals surface area contributed by atoms with Gasteiger partial charge < -0.3 is 18.9 Å². The monoisotopic (exact) mass is 405 g/mol. The van der Waals surface area contributed by atoms with Crippen molar-refractivity contribution >= 4 is 19.8 Å². The van der Waals surface area contributed by atoms with Crippen LogP contribution >= 0.6 is 19.8 Å². The molecule has 0 spiro atoms. The average molecular weight is 405 g/mol. The first-order chi connectivity index (χ1) is 12.9. The van der Waals surface area contributed by atoms with Gasteiger partial charge in [-0.25, -0.2) is 4.57 Å². The highest BCUT2D eigenvalue weighted by atomic mass is 32.1.